The fourth-order valence-electron chi connectivity index (χ4n) is 3.06. The van der Waals surface area contributed by atoms with Crippen molar-refractivity contribution in [2.75, 3.05) is 25.7 Å². The molecule has 1 amide bonds. The Morgan fingerprint density at radius 3 is 2.38 bits per heavy atom. The van der Waals surface area contributed by atoms with Crippen molar-refractivity contribution < 1.29 is 28.6 Å². The number of fused-ring (bicyclic) bond motifs is 1. The van der Waals surface area contributed by atoms with Gasteiger partial charge in [0, 0.05) is 11.8 Å². The first-order chi connectivity index (χ1) is 13.9. The quantitative estimate of drug-likeness (QED) is 0.695. The molecule has 0 spiro atoms. The second kappa shape index (κ2) is 9.00. The van der Waals surface area contributed by atoms with E-state index in [1.807, 2.05) is 24.3 Å². The van der Waals surface area contributed by atoms with Crippen molar-refractivity contribution >= 4 is 35.3 Å². The van der Waals surface area contributed by atoms with Crippen LogP contribution in [0.15, 0.2) is 53.4 Å². The van der Waals surface area contributed by atoms with Gasteiger partial charge in [-0.25, -0.2) is 0 Å². The van der Waals surface area contributed by atoms with Gasteiger partial charge in [0.2, 0.25) is 0 Å². The van der Waals surface area contributed by atoms with Crippen molar-refractivity contribution in [3.63, 3.8) is 0 Å². The lowest BCUT2D eigenvalue weighted by molar-refractivity contribution is -0.153. The van der Waals surface area contributed by atoms with E-state index in [4.69, 9.17) is 14.2 Å². The highest BCUT2D eigenvalue weighted by Crippen LogP contribution is 2.46. The van der Waals surface area contributed by atoms with E-state index in [-0.39, 0.29) is 6.54 Å². The molecule has 2 aromatic rings. The molecule has 1 aliphatic heterocycles. The van der Waals surface area contributed by atoms with Crippen molar-refractivity contribution in [2.45, 2.75) is 23.2 Å². The number of nitrogens with zero attached hydrogens (tertiary/aromatic N) is 1. The number of esters is 2. The van der Waals surface area contributed by atoms with E-state index in [1.165, 1.54) is 30.7 Å². The van der Waals surface area contributed by atoms with Crippen LogP contribution in [-0.4, -0.2) is 44.7 Å². The van der Waals surface area contributed by atoms with Crippen LogP contribution in [0.1, 0.15) is 17.7 Å². The average Bonchev–Trinajstić information content (AvgIpc) is 2.84. The van der Waals surface area contributed by atoms with E-state index in [0.717, 1.165) is 10.5 Å². The van der Waals surface area contributed by atoms with Crippen LogP contribution in [-0.2, 0) is 23.9 Å². The van der Waals surface area contributed by atoms with Gasteiger partial charge in [-0.1, -0.05) is 24.3 Å². The second-order valence-electron chi connectivity index (χ2n) is 6.31. The van der Waals surface area contributed by atoms with Crippen LogP contribution in [0, 0.1) is 0 Å². The number of carbonyl (C=O) groups excluding carboxylic acids is 3. The van der Waals surface area contributed by atoms with Crippen LogP contribution in [0.4, 0.5) is 5.69 Å². The molecule has 2 atom stereocenters. The molecule has 0 saturated carbocycles. The molecule has 1 heterocycles. The summed E-state index contributed by atoms with van der Waals surface area (Å²) in [5, 5.41) is -0.499. The Balaban J connectivity index is 2.09. The Bertz CT molecular complexity index is 914. The number of hydrogen-bond donors (Lipinski definition) is 0. The predicted molar refractivity (Wildman–Crippen MR) is 108 cm³/mol. The summed E-state index contributed by atoms with van der Waals surface area (Å²) in [6.07, 6.45) is -1.11. The summed E-state index contributed by atoms with van der Waals surface area (Å²) in [6.45, 7) is 0.978. The van der Waals surface area contributed by atoms with E-state index in [9.17, 15) is 14.4 Å². The number of methoxy groups -OCH3 is 2. The second-order valence-corrected chi connectivity index (χ2v) is 7.49. The van der Waals surface area contributed by atoms with Gasteiger partial charge in [0.15, 0.2) is 6.10 Å². The van der Waals surface area contributed by atoms with Crippen molar-refractivity contribution in [1.29, 1.82) is 0 Å². The molecule has 0 bridgehead atoms. The third-order valence-electron chi connectivity index (χ3n) is 4.45. The Morgan fingerprint density at radius 2 is 1.76 bits per heavy atom. The van der Waals surface area contributed by atoms with Gasteiger partial charge in [-0.15, -0.1) is 11.8 Å². The zero-order valence-corrected chi connectivity index (χ0v) is 17.1. The fourth-order valence-corrected chi connectivity index (χ4v) is 4.38. The highest BCUT2D eigenvalue weighted by molar-refractivity contribution is 7.99. The van der Waals surface area contributed by atoms with Gasteiger partial charge >= 0.3 is 11.9 Å². The predicted octanol–water partition coefficient (Wildman–Crippen LogP) is 2.98. The molecular formula is C21H21NO6S. The first-order valence-corrected chi connectivity index (χ1v) is 9.77. The number of benzene rings is 2. The average molecular weight is 415 g/mol. The molecular weight excluding hydrogens is 394 g/mol. The van der Waals surface area contributed by atoms with Gasteiger partial charge in [0.05, 0.1) is 25.2 Å². The fraction of sp³-hybridized carbons (Fsp3) is 0.286. The molecule has 2 aromatic carbocycles. The van der Waals surface area contributed by atoms with E-state index in [2.05, 4.69) is 0 Å². The molecule has 0 saturated heterocycles. The van der Waals surface area contributed by atoms with Crippen LogP contribution in [0.2, 0.25) is 0 Å². The topological polar surface area (TPSA) is 82.1 Å². The van der Waals surface area contributed by atoms with Crippen LogP contribution in [0.5, 0.6) is 5.75 Å². The number of amides is 1. The van der Waals surface area contributed by atoms with E-state index >= 15 is 0 Å². The minimum Gasteiger partial charge on any atom is -0.497 e. The highest BCUT2D eigenvalue weighted by atomic mass is 32.2. The minimum atomic E-state index is -1.11. The van der Waals surface area contributed by atoms with Crippen molar-refractivity contribution in [1.82, 2.24) is 0 Å². The molecule has 0 radical (unpaired) electrons. The monoisotopic (exact) mass is 415 g/mol. The van der Waals surface area contributed by atoms with Crippen molar-refractivity contribution in [2.24, 2.45) is 0 Å². The molecule has 152 valence electrons. The maximum Gasteiger partial charge on any atom is 0.325 e. The smallest absolute Gasteiger partial charge is 0.325 e. The summed E-state index contributed by atoms with van der Waals surface area (Å²) >= 11 is 1.40. The molecule has 0 N–H and O–H groups in total. The maximum atomic E-state index is 13.4. The van der Waals surface area contributed by atoms with Crippen molar-refractivity contribution in [3.8, 4) is 5.75 Å². The van der Waals surface area contributed by atoms with Gasteiger partial charge in [0.25, 0.3) is 5.91 Å². The third kappa shape index (κ3) is 4.54. The molecule has 0 aliphatic carbocycles. The Morgan fingerprint density at radius 1 is 1.07 bits per heavy atom. The molecule has 0 aromatic heterocycles. The standard InChI is InChI=1S/C21H21NO6S/c1-13(23)28-19-20(14-8-10-15(26-2)11-9-14)29-17-7-5-4-6-16(17)22(21(19)25)12-18(24)27-3/h4-11,19-20H,12H2,1-3H3. The lowest BCUT2D eigenvalue weighted by atomic mass is 10.1. The number of anilines is 1. The van der Waals surface area contributed by atoms with Gasteiger partial charge in [-0.3, -0.25) is 19.3 Å². The number of ether oxygens (including phenoxy) is 3. The first kappa shape index (κ1) is 20.7. The molecule has 0 fully saturated rings. The van der Waals surface area contributed by atoms with E-state index in [1.54, 1.807) is 31.4 Å². The summed E-state index contributed by atoms with van der Waals surface area (Å²) in [5.41, 5.74) is 1.37. The Labute approximate surface area is 172 Å². The van der Waals surface area contributed by atoms with E-state index in [0.29, 0.717) is 11.4 Å². The van der Waals surface area contributed by atoms with Crippen LogP contribution in [0.25, 0.3) is 0 Å². The highest BCUT2D eigenvalue weighted by Gasteiger charge is 2.41. The number of carbonyl (C=O) groups is 3. The largest absolute Gasteiger partial charge is 0.497 e. The Kier molecular flexibility index (Phi) is 6.43. The first-order valence-electron chi connectivity index (χ1n) is 8.89. The lowest BCUT2D eigenvalue weighted by Crippen LogP contribution is -2.45. The summed E-state index contributed by atoms with van der Waals surface area (Å²) in [4.78, 5) is 39.3. The maximum absolute atomic E-state index is 13.4. The zero-order chi connectivity index (χ0) is 21.0. The number of thioether (sulfide) groups is 1. The molecule has 1 aliphatic rings. The molecule has 8 heteroatoms. The third-order valence-corrected chi connectivity index (χ3v) is 5.82. The van der Waals surface area contributed by atoms with E-state index < -0.39 is 29.2 Å². The summed E-state index contributed by atoms with van der Waals surface area (Å²) in [7, 11) is 2.83. The SMILES string of the molecule is COC(=O)CN1C(=O)C(OC(C)=O)C(c2ccc(OC)cc2)Sc2ccccc21. The number of hydrogen-bond acceptors (Lipinski definition) is 7. The van der Waals surface area contributed by atoms with Crippen LogP contribution >= 0.6 is 11.8 Å². The van der Waals surface area contributed by atoms with Crippen molar-refractivity contribution in [3.05, 3.63) is 54.1 Å². The van der Waals surface area contributed by atoms with Crippen LogP contribution < -0.4 is 9.64 Å². The van der Waals surface area contributed by atoms with Crippen LogP contribution in [0.3, 0.4) is 0 Å². The summed E-state index contributed by atoms with van der Waals surface area (Å²) in [5.74, 6) is -0.951. The molecule has 29 heavy (non-hydrogen) atoms. The number of rotatable bonds is 5. The molecule has 7 nitrogen and oxygen atoms in total. The van der Waals surface area contributed by atoms with Gasteiger partial charge in [-0.05, 0) is 29.8 Å². The zero-order valence-electron chi connectivity index (χ0n) is 16.3. The van der Waals surface area contributed by atoms with Gasteiger partial charge < -0.3 is 14.2 Å². The number of para-hydroxylation sites is 1. The normalized spacial score (nSPS) is 18.4. The summed E-state index contributed by atoms with van der Waals surface area (Å²) in [6, 6.07) is 14.5. The summed E-state index contributed by atoms with van der Waals surface area (Å²) < 4.78 is 15.4. The Hall–Kier alpha value is -3.00. The molecule has 2 unspecified atom stereocenters. The van der Waals surface area contributed by atoms with Gasteiger partial charge in [-0.2, -0.15) is 0 Å². The lowest BCUT2D eigenvalue weighted by Gasteiger charge is -2.27. The van der Waals surface area contributed by atoms with Gasteiger partial charge in [0.1, 0.15) is 12.3 Å². The minimum absolute atomic E-state index is 0.278. The molecule has 3 rings (SSSR count).